The summed E-state index contributed by atoms with van der Waals surface area (Å²) in [7, 11) is 0. The van der Waals surface area contributed by atoms with Gasteiger partial charge >= 0.3 is 0 Å². The van der Waals surface area contributed by atoms with Crippen molar-refractivity contribution in [3.8, 4) is 11.6 Å². The van der Waals surface area contributed by atoms with Crippen molar-refractivity contribution >= 4 is 6.29 Å². The highest BCUT2D eigenvalue weighted by molar-refractivity contribution is 5.74. The van der Waals surface area contributed by atoms with E-state index >= 15 is 0 Å². The van der Waals surface area contributed by atoms with Crippen molar-refractivity contribution in [2.45, 2.75) is 20.8 Å². The number of carbonyl (C=O) groups excluding carboxylic acids is 1. The van der Waals surface area contributed by atoms with Crippen molar-refractivity contribution in [1.29, 1.82) is 0 Å². The Hall–Kier alpha value is -2.16. The van der Waals surface area contributed by atoms with Crippen molar-refractivity contribution in [3.05, 3.63) is 52.7 Å². The second kappa shape index (κ2) is 5.00. The van der Waals surface area contributed by atoms with Gasteiger partial charge in [0.05, 0.1) is 0 Å². The molecule has 0 fully saturated rings. The van der Waals surface area contributed by atoms with Crippen molar-refractivity contribution in [2.24, 2.45) is 0 Å². The zero-order valence-electron chi connectivity index (χ0n) is 10.7. The summed E-state index contributed by atoms with van der Waals surface area (Å²) in [6.45, 7) is 5.88. The molecular weight excluding hydrogens is 226 g/mol. The number of hydrogen-bond donors (Lipinski definition) is 0. The Kier molecular flexibility index (Phi) is 3.42. The number of nitrogens with zero attached hydrogens (tertiary/aromatic N) is 1. The predicted octanol–water partition coefficient (Wildman–Crippen LogP) is 3.61. The van der Waals surface area contributed by atoms with Crippen LogP contribution in [0.5, 0.6) is 11.6 Å². The number of pyridine rings is 1. The molecule has 0 saturated heterocycles. The lowest BCUT2D eigenvalue weighted by Gasteiger charge is -2.10. The number of aromatic nitrogens is 1. The van der Waals surface area contributed by atoms with Gasteiger partial charge in [-0.25, -0.2) is 4.98 Å². The number of benzene rings is 1. The molecule has 0 aliphatic carbocycles. The molecule has 0 amide bonds. The molecule has 2 aromatic rings. The van der Waals surface area contributed by atoms with E-state index in [2.05, 4.69) is 4.98 Å². The fraction of sp³-hybridized carbons (Fsp3) is 0.200. The first kappa shape index (κ1) is 12.3. The van der Waals surface area contributed by atoms with E-state index in [1.54, 1.807) is 6.07 Å². The molecule has 0 unspecified atom stereocenters. The van der Waals surface area contributed by atoms with Crippen LogP contribution in [0.15, 0.2) is 30.5 Å². The van der Waals surface area contributed by atoms with Gasteiger partial charge in [-0.3, -0.25) is 4.79 Å². The van der Waals surface area contributed by atoms with Crippen LogP contribution >= 0.6 is 0 Å². The van der Waals surface area contributed by atoms with Crippen LogP contribution in [0, 0.1) is 20.8 Å². The average Bonchev–Trinajstić information content (AvgIpc) is 2.36. The minimum Gasteiger partial charge on any atom is -0.438 e. The third kappa shape index (κ3) is 2.56. The summed E-state index contributed by atoms with van der Waals surface area (Å²) in [5.74, 6) is 1.33. The fourth-order valence-electron chi connectivity index (χ4n) is 1.68. The van der Waals surface area contributed by atoms with E-state index in [1.165, 1.54) is 6.20 Å². The molecule has 0 N–H and O–H groups in total. The van der Waals surface area contributed by atoms with Gasteiger partial charge in [-0.05, 0) is 44.0 Å². The van der Waals surface area contributed by atoms with Gasteiger partial charge in [-0.1, -0.05) is 12.1 Å². The SMILES string of the molecule is Cc1ccc(C)c(Oc2ncc(C=O)cc2C)c1. The lowest BCUT2D eigenvalue weighted by atomic mass is 10.1. The van der Waals surface area contributed by atoms with Crippen molar-refractivity contribution < 1.29 is 9.53 Å². The van der Waals surface area contributed by atoms with Gasteiger partial charge in [-0.15, -0.1) is 0 Å². The molecular formula is C15H15NO2. The summed E-state index contributed by atoms with van der Waals surface area (Å²) in [4.78, 5) is 14.8. The van der Waals surface area contributed by atoms with Gasteiger partial charge in [0.15, 0.2) is 6.29 Å². The minimum absolute atomic E-state index is 0.536. The van der Waals surface area contributed by atoms with Gasteiger partial charge in [0.1, 0.15) is 5.75 Å². The van der Waals surface area contributed by atoms with Crippen molar-refractivity contribution in [3.63, 3.8) is 0 Å². The van der Waals surface area contributed by atoms with Crippen LogP contribution in [0.25, 0.3) is 0 Å². The maximum absolute atomic E-state index is 10.6. The molecule has 0 radical (unpaired) electrons. The summed E-state index contributed by atoms with van der Waals surface area (Å²) in [6, 6.07) is 7.79. The molecule has 92 valence electrons. The highest BCUT2D eigenvalue weighted by Crippen LogP contribution is 2.26. The van der Waals surface area contributed by atoms with Gasteiger partial charge in [0.25, 0.3) is 0 Å². The van der Waals surface area contributed by atoms with Crippen molar-refractivity contribution in [1.82, 2.24) is 4.98 Å². The first-order valence-electron chi connectivity index (χ1n) is 5.77. The quantitative estimate of drug-likeness (QED) is 0.770. The van der Waals surface area contributed by atoms with E-state index in [9.17, 15) is 4.79 Å². The number of aryl methyl sites for hydroxylation is 3. The standard InChI is InChI=1S/C15H15NO2/c1-10-4-5-11(2)14(6-10)18-15-12(3)7-13(9-17)8-16-15/h4-9H,1-3H3. The second-order valence-electron chi connectivity index (χ2n) is 4.38. The summed E-state index contributed by atoms with van der Waals surface area (Å²) in [5, 5.41) is 0. The van der Waals surface area contributed by atoms with Gasteiger partial charge in [0.2, 0.25) is 5.88 Å². The topological polar surface area (TPSA) is 39.2 Å². The highest BCUT2D eigenvalue weighted by Gasteiger charge is 2.06. The molecule has 0 aliphatic heterocycles. The third-order valence-electron chi connectivity index (χ3n) is 2.74. The molecule has 1 aromatic carbocycles. The zero-order chi connectivity index (χ0) is 13.1. The molecule has 1 aromatic heterocycles. The molecule has 1 heterocycles. The average molecular weight is 241 g/mol. The van der Waals surface area contributed by atoms with Gasteiger partial charge in [-0.2, -0.15) is 0 Å². The maximum Gasteiger partial charge on any atom is 0.222 e. The molecule has 0 bridgehead atoms. The summed E-state index contributed by atoms with van der Waals surface area (Å²) in [5.41, 5.74) is 3.60. The van der Waals surface area contributed by atoms with Crippen molar-refractivity contribution in [2.75, 3.05) is 0 Å². The summed E-state index contributed by atoms with van der Waals surface area (Å²) < 4.78 is 5.79. The monoisotopic (exact) mass is 241 g/mol. The number of hydrogen-bond acceptors (Lipinski definition) is 3. The summed E-state index contributed by atoms with van der Waals surface area (Å²) in [6.07, 6.45) is 2.29. The molecule has 0 aliphatic rings. The Balaban J connectivity index is 2.34. The zero-order valence-corrected chi connectivity index (χ0v) is 10.7. The van der Waals surface area contributed by atoms with Gasteiger partial charge < -0.3 is 4.74 Å². The number of carbonyl (C=O) groups is 1. The first-order valence-corrected chi connectivity index (χ1v) is 5.77. The lowest BCUT2D eigenvalue weighted by molar-refractivity contribution is 0.112. The molecule has 0 atom stereocenters. The lowest BCUT2D eigenvalue weighted by Crippen LogP contribution is -1.95. The first-order chi connectivity index (χ1) is 8.60. The molecule has 0 saturated carbocycles. The maximum atomic E-state index is 10.6. The number of aldehydes is 1. The van der Waals surface area contributed by atoms with Crippen LogP contribution in [0.3, 0.4) is 0 Å². The van der Waals surface area contributed by atoms with E-state index in [0.717, 1.165) is 28.7 Å². The summed E-state index contributed by atoms with van der Waals surface area (Å²) >= 11 is 0. The van der Waals surface area contributed by atoms with Crippen LogP contribution in [0.4, 0.5) is 0 Å². The van der Waals surface area contributed by atoms with E-state index in [1.807, 2.05) is 39.0 Å². The van der Waals surface area contributed by atoms with E-state index in [4.69, 9.17) is 4.74 Å². The van der Waals surface area contributed by atoms with E-state index < -0.39 is 0 Å². The van der Waals surface area contributed by atoms with Crippen LogP contribution < -0.4 is 4.74 Å². The Morgan fingerprint density at radius 3 is 2.56 bits per heavy atom. The molecule has 2 rings (SSSR count). The number of ether oxygens (including phenoxy) is 1. The minimum atomic E-state index is 0.536. The normalized spacial score (nSPS) is 10.2. The molecule has 3 heteroatoms. The largest absolute Gasteiger partial charge is 0.438 e. The van der Waals surface area contributed by atoms with E-state index in [-0.39, 0.29) is 0 Å². The van der Waals surface area contributed by atoms with E-state index in [0.29, 0.717) is 11.4 Å². The van der Waals surface area contributed by atoms with Crippen LogP contribution in [-0.2, 0) is 0 Å². The second-order valence-corrected chi connectivity index (χ2v) is 4.38. The predicted molar refractivity (Wildman–Crippen MR) is 70.4 cm³/mol. The third-order valence-corrected chi connectivity index (χ3v) is 2.74. The Labute approximate surface area is 106 Å². The highest BCUT2D eigenvalue weighted by atomic mass is 16.5. The van der Waals surface area contributed by atoms with Crippen LogP contribution in [0.1, 0.15) is 27.0 Å². The molecule has 3 nitrogen and oxygen atoms in total. The molecule has 18 heavy (non-hydrogen) atoms. The fourth-order valence-corrected chi connectivity index (χ4v) is 1.68. The van der Waals surface area contributed by atoms with Crippen LogP contribution in [0.2, 0.25) is 0 Å². The van der Waals surface area contributed by atoms with Crippen LogP contribution in [-0.4, -0.2) is 11.3 Å². The van der Waals surface area contributed by atoms with Gasteiger partial charge in [0, 0.05) is 17.3 Å². The number of rotatable bonds is 3. The molecule has 0 spiro atoms. The Bertz CT molecular complexity index is 591. The Morgan fingerprint density at radius 1 is 1.11 bits per heavy atom. The smallest absolute Gasteiger partial charge is 0.222 e. The Morgan fingerprint density at radius 2 is 1.89 bits per heavy atom.